The van der Waals surface area contributed by atoms with Gasteiger partial charge in [-0.1, -0.05) is 30.3 Å². The molecular weight excluding hydrogens is 322 g/mol. The van der Waals surface area contributed by atoms with Gasteiger partial charge in [-0.2, -0.15) is 0 Å². The number of carbonyl (C=O) groups excluding carboxylic acids is 2. The topological polar surface area (TPSA) is 87.9 Å². The maximum absolute atomic E-state index is 12.5. The smallest absolute Gasteiger partial charge is 0.338 e. The summed E-state index contributed by atoms with van der Waals surface area (Å²) in [5.74, 6) is -1.40. The molecule has 0 fully saturated rings. The average molecular weight is 351 g/mol. The minimum absolute atomic E-state index is 0.126. The van der Waals surface area contributed by atoms with Crippen molar-refractivity contribution in [3.05, 3.63) is 35.9 Å². The Morgan fingerprint density at radius 3 is 1.88 bits per heavy atom. The molecule has 0 saturated heterocycles. The van der Waals surface area contributed by atoms with Gasteiger partial charge in [-0.25, -0.2) is 4.79 Å². The summed E-state index contributed by atoms with van der Waals surface area (Å²) < 4.78 is 16.2. The summed E-state index contributed by atoms with van der Waals surface area (Å²) in [6, 6.07) is 8.01. The maximum atomic E-state index is 12.5. The van der Waals surface area contributed by atoms with E-state index in [9.17, 15) is 9.59 Å². The van der Waals surface area contributed by atoms with Crippen LogP contribution in [0.1, 0.15) is 47.1 Å². The minimum Gasteiger partial charge on any atom is -0.459 e. The third-order valence-electron chi connectivity index (χ3n) is 2.92. The van der Waals surface area contributed by atoms with E-state index >= 15 is 0 Å². The first-order valence-corrected chi connectivity index (χ1v) is 8.26. The van der Waals surface area contributed by atoms with Gasteiger partial charge in [0.25, 0.3) is 0 Å². The van der Waals surface area contributed by atoms with E-state index in [2.05, 4.69) is 0 Å². The van der Waals surface area contributed by atoms with E-state index in [4.69, 9.17) is 19.9 Å². The number of ether oxygens (including phenoxy) is 3. The van der Waals surface area contributed by atoms with E-state index < -0.39 is 35.3 Å². The highest BCUT2D eigenvalue weighted by atomic mass is 16.6. The molecule has 0 bridgehead atoms. The summed E-state index contributed by atoms with van der Waals surface area (Å²) in [6.45, 7) is 10.5. The molecule has 1 aromatic carbocycles. The zero-order valence-electron chi connectivity index (χ0n) is 15.9. The molecule has 0 spiro atoms. The van der Waals surface area contributed by atoms with Crippen molar-refractivity contribution in [3.63, 3.8) is 0 Å². The van der Waals surface area contributed by atoms with E-state index in [1.807, 2.05) is 30.3 Å². The van der Waals surface area contributed by atoms with Crippen molar-refractivity contribution < 1.29 is 23.8 Å². The first-order valence-electron chi connectivity index (χ1n) is 8.26. The van der Waals surface area contributed by atoms with Crippen LogP contribution >= 0.6 is 0 Å². The molecule has 2 atom stereocenters. The molecule has 0 amide bonds. The van der Waals surface area contributed by atoms with E-state index in [-0.39, 0.29) is 6.61 Å². The zero-order valence-corrected chi connectivity index (χ0v) is 15.9. The Labute approximate surface area is 149 Å². The SMILES string of the molecule is CC(C)(C)OC(=O)[C@@H](N)[C@H](OCc1ccccc1)C(=O)OC(C)(C)C. The number of benzene rings is 1. The lowest BCUT2D eigenvalue weighted by Crippen LogP contribution is -2.51. The van der Waals surface area contributed by atoms with Gasteiger partial charge in [-0.3, -0.25) is 4.79 Å². The molecule has 0 unspecified atom stereocenters. The fraction of sp³-hybridized carbons (Fsp3) is 0.579. The van der Waals surface area contributed by atoms with Gasteiger partial charge < -0.3 is 19.9 Å². The van der Waals surface area contributed by atoms with Crippen molar-refractivity contribution in [2.75, 3.05) is 0 Å². The molecule has 0 heterocycles. The summed E-state index contributed by atoms with van der Waals surface area (Å²) in [5, 5.41) is 0. The number of rotatable bonds is 6. The third kappa shape index (κ3) is 8.14. The quantitative estimate of drug-likeness (QED) is 0.793. The van der Waals surface area contributed by atoms with Crippen LogP contribution in [0.5, 0.6) is 0 Å². The van der Waals surface area contributed by atoms with Gasteiger partial charge in [0.15, 0.2) is 6.10 Å². The molecular formula is C19H29NO5. The number of carbonyl (C=O) groups is 2. The number of esters is 2. The summed E-state index contributed by atoms with van der Waals surface area (Å²) >= 11 is 0. The van der Waals surface area contributed by atoms with E-state index in [1.165, 1.54) is 0 Å². The molecule has 0 aromatic heterocycles. The van der Waals surface area contributed by atoms with Gasteiger partial charge in [0.05, 0.1) is 6.61 Å². The van der Waals surface area contributed by atoms with Crippen LogP contribution in [0.25, 0.3) is 0 Å². The molecule has 6 nitrogen and oxygen atoms in total. The second-order valence-corrected chi connectivity index (χ2v) is 7.81. The lowest BCUT2D eigenvalue weighted by molar-refractivity contribution is -0.179. The van der Waals surface area contributed by atoms with Crippen LogP contribution < -0.4 is 5.73 Å². The molecule has 0 aliphatic rings. The molecule has 1 rings (SSSR count). The highest BCUT2D eigenvalue weighted by Crippen LogP contribution is 2.16. The standard InChI is InChI=1S/C19H29NO5/c1-18(2,3)24-16(21)14(20)15(17(22)25-19(4,5)6)23-12-13-10-8-7-9-11-13/h7-11,14-15H,12,20H2,1-6H3/t14-,15-/m0/s1. The van der Waals surface area contributed by atoms with Gasteiger partial charge in [0, 0.05) is 0 Å². The van der Waals surface area contributed by atoms with Gasteiger partial charge >= 0.3 is 11.9 Å². The van der Waals surface area contributed by atoms with Gasteiger partial charge in [0.1, 0.15) is 17.2 Å². The van der Waals surface area contributed by atoms with E-state index in [0.717, 1.165) is 5.56 Å². The summed E-state index contributed by atoms with van der Waals surface area (Å²) in [5.41, 5.74) is 5.37. The monoisotopic (exact) mass is 351 g/mol. The van der Waals surface area contributed by atoms with Gasteiger partial charge in [0.2, 0.25) is 0 Å². The van der Waals surface area contributed by atoms with Gasteiger partial charge in [-0.05, 0) is 47.1 Å². The van der Waals surface area contributed by atoms with Crippen LogP contribution in [0.3, 0.4) is 0 Å². The van der Waals surface area contributed by atoms with Crippen LogP contribution in [0, 0.1) is 0 Å². The molecule has 6 heteroatoms. The Balaban J connectivity index is 2.89. The number of hydrogen-bond acceptors (Lipinski definition) is 6. The Morgan fingerprint density at radius 2 is 1.40 bits per heavy atom. The normalized spacial score (nSPS) is 14.5. The molecule has 0 saturated carbocycles. The highest BCUT2D eigenvalue weighted by molar-refractivity contribution is 5.86. The van der Waals surface area contributed by atoms with Crippen LogP contribution in [0.15, 0.2) is 30.3 Å². The number of hydrogen-bond donors (Lipinski definition) is 1. The summed E-state index contributed by atoms with van der Waals surface area (Å²) in [4.78, 5) is 24.7. The summed E-state index contributed by atoms with van der Waals surface area (Å²) in [7, 11) is 0. The largest absolute Gasteiger partial charge is 0.459 e. The van der Waals surface area contributed by atoms with Crippen molar-refractivity contribution in [2.45, 2.75) is 71.5 Å². The Hall–Kier alpha value is -1.92. The Bertz CT molecular complexity index is 572. The molecule has 0 aliphatic carbocycles. The van der Waals surface area contributed by atoms with Crippen LogP contribution in [0.2, 0.25) is 0 Å². The van der Waals surface area contributed by atoms with Crippen molar-refractivity contribution in [2.24, 2.45) is 5.73 Å². The van der Waals surface area contributed by atoms with Crippen molar-refractivity contribution >= 4 is 11.9 Å². The summed E-state index contributed by atoms with van der Waals surface area (Å²) in [6.07, 6.45) is -1.26. The van der Waals surface area contributed by atoms with E-state index in [0.29, 0.717) is 0 Å². The molecule has 25 heavy (non-hydrogen) atoms. The zero-order chi connectivity index (χ0) is 19.3. The number of nitrogens with two attached hydrogens (primary N) is 1. The maximum Gasteiger partial charge on any atom is 0.338 e. The first kappa shape index (κ1) is 21.1. The second-order valence-electron chi connectivity index (χ2n) is 7.81. The fourth-order valence-corrected chi connectivity index (χ4v) is 1.93. The first-order chi connectivity index (χ1) is 11.4. The predicted octanol–water partition coefficient (Wildman–Crippen LogP) is 2.58. The van der Waals surface area contributed by atoms with Crippen molar-refractivity contribution in [1.82, 2.24) is 0 Å². The highest BCUT2D eigenvalue weighted by Gasteiger charge is 2.37. The molecule has 1 aromatic rings. The van der Waals surface area contributed by atoms with Crippen LogP contribution in [-0.2, 0) is 30.4 Å². The van der Waals surface area contributed by atoms with Gasteiger partial charge in [-0.15, -0.1) is 0 Å². The predicted molar refractivity (Wildman–Crippen MR) is 94.7 cm³/mol. The molecule has 0 radical (unpaired) electrons. The van der Waals surface area contributed by atoms with Crippen LogP contribution in [0.4, 0.5) is 0 Å². The molecule has 0 aliphatic heterocycles. The Kier molecular flexibility index (Phi) is 7.14. The molecule has 140 valence electrons. The van der Waals surface area contributed by atoms with Crippen molar-refractivity contribution in [3.8, 4) is 0 Å². The van der Waals surface area contributed by atoms with E-state index in [1.54, 1.807) is 41.5 Å². The minimum atomic E-state index is -1.28. The average Bonchev–Trinajstić information content (AvgIpc) is 2.44. The molecule has 2 N–H and O–H groups in total. The lowest BCUT2D eigenvalue weighted by atomic mass is 10.1. The second kappa shape index (κ2) is 8.45. The fourth-order valence-electron chi connectivity index (χ4n) is 1.93. The lowest BCUT2D eigenvalue weighted by Gasteiger charge is -2.28. The Morgan fingerprint density at radius 1 is 0.920 bits per heavy atom. The van der Waals surface area contributed by atoms with Crippen LogP contribution in [-0.4, -0.2) is 35.3 Å². The van der Waals surface area contributed by atoms with Crippen molar-refractivity contribution in [1.29, 1.82) is 0 Å². The third-order valence-corrected chi connectivity index (χ3v) is 2.92.